The Bertz CT molecular complexity index is 786. The first-order chi connectivity index (χ1) is 13.9. The number of hydrogen-bond donors (Lipinski definition) is 2. The molecule has 29 heavy (non-hydrogen) atoms. The van der Waals surface area contributed by atoms with Crippen LogP contribution < -0.4 is 15.4 Å². The number of hydrogen-bond acceptors (Lipinski definition) is 5. The van der Waals surface area contributed by atoms with Gasteiger partial charge < -0.3 is 19.8 Å². The number of rotatable bonds is 7. The van der Waals surface area contributed by atoms with Gasteiger partial charge in [-0.05, 0) is 38.2 Å². The molecule has 1 saturated carbocycles. The van der Waals surface area contributed by atoms with Crippen LogP contribution in [0.1, 0.15) is 70.6 Å². The van der Waals surface area contributed by atoms with Gasteiger partial charge in [-0.1, -0.05) is 26.8 Å². The third kappa shape index (κ3) is 6.48. The molecule has 2 aromatic rings. The van der Waals surface area contributed by atoms with E-state index >= 15 is 0 Å². The Morgan fingerprint density at radius 1 is 1.17 bits per heavy atom. The summed E-state index contributed by atoms with van der Waals surface area (Å²) in [4.78, 5) is 13.4. The summed E-state index contributed by atoms with van der Waals surface area (Å²) in [6, 6.07) is 3.96. The fraction of sp³-hybridized carbons (Fsp3) is 0.591. The van der Waals surface area contributed by atoms with Crippen LogP contribution in [0.4, 0.5) is 0 Å². The smallest absolute Gasteiger partial charge is 0.213 e. The summed E-state index contributed by atoms with van der Waals surface area (Å²) in [6.45, 7) is 10.1. The van der Waals surface area contributed by atoms with Gasteiger partial charge in [-0.15, -0.1) is 0 Å². The second-order valence-electron chi connectivity index (χ2n) is 8.45. The fourth-order valence-electron chi connectivity index (χ4n) is 3.16. The van der Waals surface area contributed by atoms with E-state index in [-0.39, 0.29) is 5.41 Å². The van der Waals surface area contributed by atoms with Gasteiger partial charge in [-0.3, -0.25) is 0 Å². The maximum Gasteiger partial charge on any atom is 0.213 e. The molecule has 3 rings (SSSR count). The van der Waals surface area contributed by atoms with Gasteiger partial charge in [0.2, 0.25) is 11.8 Å². The van der Waals surface area contributed by atoms with Crippen molar-refractivity contribution < 1.29 is 9.15 Å². The van der Waals surface area contributed by atoms with E-state index in [4.69, 9.17) is 9.15 Å². The Morgan fingerprint density at radius 2 is 1.97 bits per heavy atom. The van der Waals surface area contributed by atoms with Crippen molar-refractivity contribution in [1.29, 1.82) is 0 Å². The molecule has 1 aliphatic carbocycles. The lowest BCUT2D eigenvalue weighted by molar-refractivity contribution is 0.201. The molecule has 2 aromatic heterocycles. The van der Waals surface area contributed by atoms with Crippen LogP contribution in [0.25, 0.3) is 0 Å². The van der Waals surface area contributed by atoms with E-state index in [9.17, 15) is 0 Å². The molecule has 0 atom stereocenters. The molecular weight excluding hydrogens is 366 g/mol. The van der Waals surface area contributed by atoms with Crippen LogP contribution in [-0.4, -0.2) is 28.6 Å². The first-order valence-corrected chi connectivity index (χ1v) is 10.5. The molecule has 2 N–H and O–H groups in total. The van der Waals surface area contributed by atoms with E-state index in [0.717, 1.165) is 30.7 Å². The number of aromatic nitrogens is 2. The lowest BCUT2D eigenvalue weighted by Gasteiger charge is -2.13. The van der Waals surface area contributed by atoms with Gasteiger partial charge in [0.25, 0.3) is 0 Å². The standard InChI is InChI=1S/C22H33N5O2/c1-5-23-21(27-15-20-25-14-18(29-20)22(2,3)4)26-13-16-10-11-19(24-12-16)28-17-8-6-7-9-17/h10-12,14,17H,5-9,13,15H2,1-4H3,(H2,23,26,27). The molecule has 7 heteroatoms. The van der Waals surface area contributed by atoms with Crippen LogP contribution in [-0.2, 0) is 18.5 Å². The lowest BCUT2D eigenvalue weighted by atomic mass is 9.94. The number of ether oxygens (including phenoxy) is 1. The summed E-state index contributed by atoms with van der Waals surface area (Å²) >= 11 is 0. The SMILES string of the molecule is CCNC(=NCc1ccc(OC2CCCC2)nc1)NCc1ncc(C(C)(C)C)o1. The molecule has 1 aliphatic rings. The number of nitrogens with one attached hydrogen (secondary N) is 2. The van der Waals surface area contributed by atoms with Crippen LogP contribution in [0.5, 0.6) is 5.88 Å². The van der Waals surface area contributed by atoms with Crippen LogP contribution in [0.15, 0.2) is 33.9 Å². The summed E-state index contributed by atoms with van der Waals surface area (Å²) in [7, 11) is 0. The van der Waals surface area contributed by atoms with E-state index in [1.54, 1.807) is 6.20 Å². The zero-order valence-electron chi connectivity index (χ0n) is 18.0. The third-order valence-corrected chi connectivity index (χ3v) is 4.85. The van der Waals surface area contributed by atoms with E-state index in [2.05, 4.69) is 46.4 Å². The Morgan fingerprint density at radius 3 is 2.59 bits per heavy atom. The summed E-state index contributed by atoms with van der Waals surface area (Å²) in [6.07, 6.45) is 8.72. The van der Waals surface area contributed by atoms with Crippen molar-refractivity contribution in [1.82, 2.24) is 20.6 Å². The minimum atomic E-state index is -0.0511. The van der Waals surface area contributed by atoms with Gasteiger partial charge in [-0.25, -0.2) is 15.0 Å². The average molecular weight is 400 g/mol. The fourth-order valence-corrected chi connectivity index (χ4v) is 3.16. The summed E-state index contributed by atoms with van der Waals surface area (Å²) in [5.41, 5.74) is 0.983. The van der Waals surface area contributed by atoms with Crippen molar-refractivity contribution >= 4 is 5.96 Å². The molecule has 0 aliphatic heterocycles. The highest BCUT2D eigenvalue weighted by Crippen LogP contribution is 2.23. The second-order valence-corrected chi connectivity index (χ2v) is 8.45. The quantitative estimate of drug-likeness (QED) is 0.542. The number of oxazole rings is 1. The Kier molecular flexibility index (Phi) is 7.12. The topological polar surface area (TPSA) is 84.6 Å². The van der Waals surface area contributed by atoms with E-state index in [0.29, 0.717) is 36.9 Å². The average Bonchev–Trinajstić information content (AvgIpc) is 3.37. The Hall–Kier alpha value is -2.57. The van der Waals surface area contributed by atoms with Crippen LogP contribution >= 0.6 is 0 Å². The van der Waals surface area contributed by atoms with E-state index < -0.39 is 0 Å². The highest BCUT2D eigenvalue weighted by atomic mass is 16.5. The van der Waals surface area contributed by atoms with Crippen molar-refractivity contribution in [3.8, 4) is 5.88 Å². The van der Waals surface area contributed by atoms with Crippen LogP contribution in [0, 0.1) is 0 Å². The van der Waals surface area contributed by atoms with Crippen LogP contribution in [0.3, 0.4) is 0 Å². The monoisotopic (exact) mass is 399 g/mol. The van der Waals surface area contributed by atoms with Gasteiger partial charge in [0.1, 0.15) is 11.9 Å². The van der Waals surface area contributed by atoms with Crippen molar-refractivity contribution in [2.75, 3.05) is 6.54 Å². The zero-order chi connectivity index (χ0) is 20.7. The minimum absolute atomic E-state index is 0.0511. The van der Waals surface area contributed by atoms with Gasteiger partial charge >= 0.3 is 0 Å². The van der Waals surface area contributed by atoms with Crippen LogP contribution in [0.2, 0.25) is 0 Å². The van der Waals surface area contributed by atoms with Crippen molar-refractivity contribution in [3.63, 3.8) is 0 Å². The largest absolute Gasteiger partial charge is 0.474 e. The molecule has 0 unspecified atom stereocenters. The predicted octanol–water partition coefficient (Wildman–Crippen LogP) is 3.94. The van der Waals surface area contributed by atoms with Gasteiger partial charge in [0, 0.05) is 24.2 Å². The maximum atomic E-state index is 5.92. The molecular formula is C22H33N5O2. The molecule has 0 radical (unpaired) electrons. The number of aliphatic imine (C=N–C) groups is 1. The molecule has 0 saturated heterocycles. The molecule has 0 bridgehead atoms. The molecule has 1 fully saturated rings. The number of guanidine groups is 1. The molecule has 2 heterocycles. The zero-order valence-corrected chi connectivity index (χ0v) is 18.0. The normalized spacial score (nSPS) is 15.5. The lowest BCUT2D eigenvalue weighted by Crippen LogP contribution is -2.36. The second kappa shape index (κ2) is 9.76. The first-order valence-electron chi connectivity index (χ1n) is 10.5. The van der Waals surface area contributed by atoms with Gasteiger partial charge in [0.05, 0.1) is 19.3 Å². The number of nitrogens with zero attached hydrogens (tertiary/aromatic N) is 3. The molecule has 7 nitrogen and oxygen atoms in total. The van der Waals surface area contributed by atoms with E-state index in [1.165, 1.54) is 12.8 Å². The highest BCUT2D eigenvalue weighted by molar-refractivity contribution is 5.79. The molecule has 0 amide bonds. The predicted molar refractivity (Wildman–Crippen MR) is 114 cm³/mol. The Labute approximate surface area is 173 Å². The Balaban J connectivity index is 1.53. The summed E-state index contributed by atoms with van der Waals surface area (Å²) < 4.78 is 11.7. The molecule has 0 aromatic carbocycles. The van der Waals surface area contributed by atoms with Gasteiger partial charge in [-0.2, -0.15) is 0 Å². The highest BCUT2D eigenvalue weighted by Gasteiger charge is 2.19. The summed E-state index contributed by atoms with van der Waals surface area (Å²) in [5.74, 6) is 2.94. The molecule has 0 spiro atoms. The summed E-state index contributed by atoms with van der Waals surface area (Å²) in [5, 5.41) is 6.51. The van der Waals surface area contributed by atoms with Gasteiger partial charge in [0.15, 0.2) is 5.96 Å². The van der Waals surface area contributed by atoms with Crippen molar-refractivity contribution in [2.24, 2.45) is 4.99 Å². The third-order valence-electron chi connectivity index (χ3n) is 4.85. The first kappa shape index (κ1) is 21.1. The minimum Gasteiger partial charge on any atom is -0.474 e. The number of pyridine rings is 1. The maximum absolute atomic E-state index is 5.92. The van der Waals surface area contributed by atoms with Crippen molar-refractivity contribution in [3.05, 3.63) is 41.7 Å². The van der Waals surface area contributed by atoms with Crippen molar-refractivity contribution in [2.45, 2.75) is 78.0 Å². The van der Waals surface area contributed by atoms with E-state index in [1.807, 2.05) is 25.3 Å². The molecule has 158 valence electrons.